The molecule has 0 aromatic heterocycles. The first kappa shape index (κ1) is 30.7. The first-order valence-corrected chi connectivity index (χ1v) is 11.8. The Hall–Kier alpha value is -4.48. The van der Waals surface area contributed by atoms with Gasteiger partial charge in [0.25, 0.3) is 0 Å². The van der Waals surface area contributed by atoms with Crippen molar-refractivity contribution in [3.8, 4) is 34.5 Å². The SMILES string of the molecule is COc1cc(NC(=O)C(CC(C(C)=O)C(=O)Nc2cc(OC)c(OC)c(OC)c2)C(C)=O)cc(OC)c1OC. The minimum absolute atomic E-state index is 0.266. The number of benzene rings is 2. The molecule has 2 aromatic carbocycles. The Bertz CT molecular complexity index is 1080. The summed E-state index contributed by atoms with van der Waals surface area (Å²) in [5.74, 6) is -3.26. The van der Waals surface area contributed by atoms with E-state index in [4.69, 9.17) is 28.4 Å². The molecule has 39 heavy (non-hydrogen) atoms. The van der Waals surface area contributed by atoms with Gasteiger partial charge in [-0.3, -0.25) is 19.2 Å². The van der Waals surface area contributed by atoms with Crippen LogP contribution in [-0.2, 0) is 19.2 Å². The summed E-state index contributed by atoms with van der Waals surface area (Å²) >= 11 is 0. The van der Waals surface area contributed by atoms with Crippen molar-refractivity contribution in [2.45, 2.75) is 20.3 Å². The van der Waals surface area contributed by atoms with Gasteiger partial charge in [-0.05, 0) is 20.3 Å². The van der Waals surface area contributed by atoms with E-state index in [1.54, 1.807) is 0 Å². The van der Waals surface area contributed by atoms with E-state index in [1.807, 2.05) is 0 Å². The molecule has 0 aliphatic rings. The highest BCUT2D eigenvalue weighted by Gasteiger charge is 2.34. The Labute approximate surface area is 226 Å². The van der Waals surface area contributed by atoms with E-state index >= 15 is 0 Å². The number of methoxy groups -OCH3 is 6. The van der Waals surface area contributed by atoms with Gasteiger partial charge >= 0.3 is 0 Å². The lowest BCUT2D eigenvalue weighted by Crippen LogP contribution is -2.36. The number of hydrogen-bond donors (Lipinski definition) is 2. The maximum Gasteiger partial charge on any atom is 0.234 e. The first-order valence-electron chi connectivity index (χ1n) is 11.8. The topological polar surface area (TPSA) is 148 Å². The minimum Gasteiger partial charge on any atom is -0.493 e. The van der Waals surface area contributed by atoms with Crippen LogP contribution in [0.5, 0.6) is 34.5 Å². The van der Waals surface area contributed by atoms with E-state index in [-0.39, 0.29) is 40.8 Å². The third kappa shape index (κ3) is 7.30. The molecule has 0 heterocycles. The van der Waals surface area contributed by atoms with Crippen molar-refractivity contribution in [2.24, 2.45) is 11.8 Å². The van der Waals surface area contributed by atoms with Crippen LogP contribution >= 0.6 is 0 Å². The molecule has 12 heteroatoms. The average Bonchev–Trinajstić information content (AvgIpc) is 2.91. The molecule has 0 saturated carbocycles. The molecule has 212 valence electrons. The van der Waals surface area contributed by atoms with Crippen molar-refractivity contribution >= 4 is 34.8 Å². The van der Waals surface area contributed by atoms with Gasteiger partial charge in [0.2, 0.25) is 23.3 Å². The van der Waals surface area contributed by atoms with Crippen LogP contribution < -0.4 is 39.1 Å². The van der Waals surface area contributed by atoms with Gasteiger partial charge in [-0.2, -0.15) is 0 Å². The molecule has 12 nitrogen and oxygen atoms in total. The molecule has 0 fully saturated rings. The smallest absolute Gasteiger partial charge is 0.234 e. The van der Waals surface area contributed by atoms with Gasteiger partial charge in [0.05, 0.1) is 54.5 Å². The summed E-state index contributed by atoms with van der Waals surface area (Å²) in [5, 5.41) is 5.27. The highest BCUT2D eigenvalue weighted by molar-refractivity contribution is 6.10. The number of carbonyl (C=O) groups excluding carboxylic acids is 4. The second-order valence-electron chi connectivity index (χ2n) is 8.37. The molecule has 0 aliphatic carbocycles. The van der Waals surface area contributed by atoms with Crippen LogP contribution in [0.2, 0.25) is 0 Å². The highest BCUT2D eigenvalue weighted by Crippen LogP contribution is 2.41. The van der Waals surface area contributed by atoms with Crippen LogP contribution in [-0.4, -0.2) is 66.0 Å². The van der Waals surface area contributed by atoms with E-state index in [9.17, 15) is 19.2 Å². The number of hydrogen-bond acceptors (Lipinski definition) is 10. The molecule has 2 N–H and O–H groups in total. The third-order valence-corrected chi connectivity index (χ3v) is 5.95. The summed E-state index contributed by atoms with van der Waals surface area (Å²) in [6, 6.07) is 5.98. The number of ketones is 2. The Morgan fingerprint density at radius 3 is 1.05 bits per heavy atom. The number of Topliss-reactive ketones (excluding diaryl/α,β-unsaturated/α-hetero) is 2. The summed E-state index contributed by atoms with van der Waals surface area (Å²) in [4.78, 5) is 51.3. The van der Waals surface area contributed by atoms with Crippen LogP contribution in [0.1, 0.15) is 20.3 Å². The largest absolute Gasteiger partial charge is 0.493 e. The number of rotatable bonds is 14. The molecule has 2 aromatic rings. The van der Waals surface area contributed by atoms with Crippen LogP contribution in [0, 0.1) is 11.8 Å². The van der Waals surface area contributed by atoms with Crippen molar-refractivity contribution in [3.63, 3.8) is 0 Å². The summed E-state index contributed by atoms with van der Waals surface area (Å²) in [6.07, 6.45) is -0.350. The van der Waals surface area contributed by atoms with E-state index in [1.165, 1.54) is 80.8 Å². The zero-order chi connectivity index (χ0) is 29.3. The van der Waals surface area contributed by atoms with Crippen LogP contribution in [0.15, 0.2) is 24.3 Å². The lowest BCUT2D eigenvalue weighted by molar-refractivity contribution is -0.133. The number of ether oxygens (including phenoxy) is 6. The monoisotopic (exact) mass is 546 g/mol. The lowest BCUT2D eigenvalue weighted by Gasteiger charge is -2.21. The lowest BCUT2D eigenvalue weighted by atomic mass is 9.88. The molecule has 0 bridgehead atoms. The van der Waals surface area contributed by atoms with E-state index in [0.29, 0.717) is 11.5 Å². The van der Waals surface area contributed by atoms with Crippen molar-refractivity contribution in [3.05, 3.63) is 24.3 Å². The maximum atomic E-state index is 13.1. The molecular weight excluding hydrogens is 512 g/mol. The molecule has 2 rings (SSSR count). The van der Waals surface area contributed by atoms with Gasteiger partial charge < -0.3 is 39.1 Å². The first-order chi connectivity index (χ1) is 18.5. The zero-order valence-electron chi connectivity index (χ0n) is 23.3. The second-order valence-corrected chi connectivity index (χ2v) is 8.37. The standard InChI is InChI=1S/C27H34N2O10/c1-14(30)18(26(32)28-16-9-20(34-3)24(38-7)21(10-16)35-4)13-19(15(2)31)27(33)29-17-11-22(36-5)25(39-8)23(12-17)37-6/h9-12,18-19H,13H2,1-8H3,(H,28,32)(H,29,33). The summed E-state index contributed by atoms with van der Waals surface area (Å²) in [6.45, 7) is 2.43. The fourth-order valence-electron chi connectivity index (χ4n) is 3.92. The van der Waals surface area contributed by atoms with E-state index < -0.39 is 35.2 Å². The molecule has 2 amide bonds. The normalized spacial score (nSPS) is 11.9. The van der Waals surface area contributed by atoms with Gasteiger partial charge in [0, 0.05) is 35.6 Å². The highest BCUT2D eigenvalue weighted by atomic mass is 16.5. The quantitative estimate of drug-likeness (QED) is 0.339. The van der Waals surface area contributed by atoms with Crippen molar-refractivity contribution in [1.29, 1.82) is 0 Å². The minimum atomic E-state index is -1.30. The summed E-state index contributed by atoms with van der Waals surface area (Å²) in [7, 11) is 8.57. The molecule has 0 saturated heterocycles. The Morgan fingerprint density at radius 1 is 0.564 bits per heavy atom. The van der Waals surface area contributed by atoms with Gasteiger partial charge in [-0.1, -0.05) is 0 Å². The summed E-state index contributed by atoms with van der Waals surface area (Å²) < 4.78 is 31.7. The van der Waals surface area contributed by atoms with Gasteiger partial charge in [-0.15, -0.1) is 0 Å². The number of nitrogens with one attached hydrogen (secondary N) is 2. The molecule has 2 unspecified atom stereocenters. The maximum absolute atomic E-state index is 13.1. The average molecular weight is 547 g/mol. The number of carbonyl (C=O) groups is 4. The van der Waals surface area contributed by atoms with Crippen molar-refractivity contribution in [1.82, 2.24) is 0 Å². The van der Waals surface area contributed by atoms with E-state index in [0.717, 1.165) is 0 Å². The zero-order valence-corrected chi connectivity index (χ0v) is 23.3. The molecule has 2 atom stereocenters. The van der Waals surface area contributed by atoms with Crippen LogP contribution in [0.3, 0.4) is 0 Å². The van der Waals surface area contributed by atoms with Gasteiger partial charge in [0.1, 0.15) is 11.6 Å². The number of amides is 2. The predicted molar refractivity (Wildman–Crippen MR) is 142 cm³/mol. The Kier molecular flexibility index (Phi) is 10.9. The molecule has 0 radical (unpaired) electrons. The fraction of sp³-hybridized carbons (Fsp3) is 0.407. The summed E-state index contributed by atoms with van der Waals surface area (Å²) in [5.41, 5.74) is 0.531. The van der Waals surface area contributed by atoms with Crippen LogP contribution in [0.25, 0.3) is 0 Å². The Balaban J connectivity index is 2.31. The van der Waals surface area contributed by atoms with E-state index in [2.05, 4.69) is 10.6 Å². The molecule has 0 aliphatic heterocycles. The number of anilines is 2. The third-order valence-electron chi connectivity index (χ3n) is 5.95. The fourth-order valence-corrected chi connectivity index (χ4v) is 3.92. The predicted octanol–water partition coefficient (Wildman–Crippen LogP) is 3.12. The van der Waals surface area contributed by atoms with Gasteiger partial charge in [-0.25, -0.2) is 0 Å². The van der Waals surface area contributed by atoms with Crippen molar-refractivity contribution < 1.29 is 47.6 Å². The van der Waals surface area contributed by atoms with Crippen LogP contribution in [0.4, 0.5) is 11.4 Å². The van der Waals surface area contributed by atoms with Crippen molar-refractivity contribution in [2.75, 3.05) is 53.3 Å². The molecule has 0 spiro atoms. The van der Waals surface area contributed by atoms with Gasteiger partial charge in [0.15, 0.2) is 23.0 Å². The second kappa shape index (κ2) is 13.9. The molecular formula is C27H34N2O10. The Morgan fingerprint density at radius 2 is 0.846 bits per heavy atom.